The van der Waals surface area contributed by atoms with Gasteiger partial charge in [-0.15, -0.1) is 0 Å². The highest BCUT2D eigenvalue weighted by Crippen LogP contribution is 2.54. The Hall–Kier alpha value is -1.42. The summed E-state index contributed by atoms with van der Waals surface area (Å²) in [6.45, 7) is 0.404. The van der Waals surface area contributed by atoms with E-state index in [1.165, 1.54) is 21.9 Å². The lowest BCUT2D eigenvalue weighted by atomic mass is 9.87. The minimum atomic E-state index is -0.0410. The Kier molecular flexibility index (Phi) is 2.21. The number of hydrogen-bond acceptors (Lipinski definition) is 3. The van der Waals surface area contributed by atoms with Gasteiger partial charge in [-0.3, -0.25) is 0 Å². The summed E-state index contributed by atoms with van der Waals surface area (Å²) in [6.07, 6.45) is 0.255. The van der Waals surface area contributed by atoms with Gasteiger partial charge in [0.2, 0.25) is 0 Å². The first-order valence-corrected chi connectivity index (χ1v) is 6.29. The number of ether oxygens (including phenoxy) is 2. The van der Waals surface area contributed by atoms with Crippen molar-refractivity contribution >= 4 is 10.8 Å². The highest BCUT2D eigenvalue weighted by atomic mass is 16.6. The van der Waals surface area contributed by atoms with Crippen LogP contribution in [0.1, 0.15) is 23.3 Å². The molecular formula is C15H14O3. The molecule has 0 radical (unpaired) electrons. The van der Waals surface area contributed by atoms with Crippen molar-refractivity contribution in [3.8, 4) is 0 Å². The van der Waals surface area contributed by atoms with Crippen LogP contribution in [-0.4, -0.2) is 24.4 Å². The van der Waals surface area contributed by atoms with Crippen LogP contribution >= 0.6 is 0 Å². The van der Waals surface area contributed by atoms with Gasteiger partial charge in [0, 0.05) is 0 Å². The highest BCUT2D eigenvalue weighted by Gasteiger charge is 2.51. The molecular weight excluding hydrogens is 228 g/mol. The van der Waals surface area contributed by atoms with Gasteiger partial charge in [0.05, 0.1) is 13.2 Å². The SMILES string of the molecule is OCCOC1c2cccc3cccc(c23)C2OC12. The summed E-state index contributed by atoms with van der Waals surface area (Å²) < 4.78 is 11.5. The van der Waals surface area contributed by atoms with Crippen molar-refractivity contribution < 1.29 is 14.6 Å². The van der Waals surface area contributed by atoms with E-state index in [1.54, 1.807) is 0 Å². The third-order valence-electron chi connectivity index (χ3n) is 3.79. The van der Waals surface area contributed by atoms with Crippen molar-refractivity contribution in [3.05, 3.63) is 47.5 Å². The maximum absolute atomic E-state index is 8.92. The Morgan fingerprint density at radius 1 is 1.11 bits per heavy atom. The summed E-state index contributed by atoms with van der Waals surface area (Å²) in [5.41, 5.74) is 2.47. The van der Waals surface area contributed by atoms with Crippen molar-refractivity contribution in [2.45, 2.75) is 18.3 Å². The topological polar surface area (TPSA) is 42.0 Å². The molecule has 18 heavy (non-hydrogen) atoms. The predicted molar refractivity (Wildman–Crippen MR) is 67.3 cm³/mol. The normalized spacial score (nSPS) is 28.2. The smallest absolute Gasteiger partial charge is 0.119 e. The second-order valence-electron chi connectivity index (χ2n) is 4.83. The van der Waals surface area contributed by atoms with Gasteiger partial charge >= 0.3 is 0 Å². The Morgan fingerprint density at radius 2 is 1.89 bits per heavy atom. The molecule has 0 saturated carbocycles. The number of epoxide rings is 1. The number of aliphatic hydroxyl groups excluding tert-OH is 1. The van der Waals surface area contributed by atoms with Crippen LogP contribution in [0.25, 0.3) is 10.8 Å². The molecule has 1 fully saturated rings. The fourth-order valence-corrected chi connectivity index (χ4v) is 3.02. The van der Waals surface area contributed by atoms with E-state index in [0.29, 0.717) is 6.61 Å². The van der Waals surface area contributed by atoms with Crippen LogP contribution in [0.15, 0.2) is 36.4 Å². The molecule has 3 nitrogen and oxygen atoms in total. The first-order valence-electron chi connectivity index (χ1n) is 6.29. The molecule has 3 unspecified atom stereocenters. The second kappa shape index (κ2) is 3.79. The lowest BCUT2D eigenvalue weighted by Gasteiger charge is -2.22. The third kappa shape index (κ3) is 1.35. The molecule has 1 saturated heterocycles. The minimum absolute atomic E-state index is 0.0410. The van der Waals surface area contributed by atoms with Crippen molar-refractivity contribution in [2.75, 3.05) is 13.2 Å². The van der Waals surface area contributed by atoms with Gasteiger partial charge in [-0.25, -0.2) is 0 Å². The number of benzene rings is 2. The van der Waals surface area contributed by atoms with Gasteiger partial charge in [-0.1, -0.05) is 36.4 Å². The van der Waals surface area contributed by atoms with Gasteiger partial charge in [-0.2, -0.15) is 0 Å². The zero-order valence-corrected chi connectivity index (χ0v) is 9.87. The summed E-state index contributed by atoms with van der Waals surface area (Å²) in [5.74, 6) is 0. The van der Waals surface area contributed by atoms with E-state index in [1.807, 2.05) is 0 Å². The average Bonchev–Trinajstić information content (AvgIpc) is 3.19. The zero-order valence-electron chi connectivity index (χ0n) is 9.87. The molecule has 1 heterocycles. The fourth-order valence-electron chi connectivity index (χ4n) is 3.02. The van der Waals surface area contributed by atoms with Crippen molar-refractivity contribution in [3.63, 3.8) is 0 Å². The van der Waals surface area contributed by atoms with Crippen LogP contribution in [-0.2, 0) is 9.47 Å². The predicted octanol–water partition coefficient (Wildman–Crippen LogP) is 2.34. The number of fused-ring (bicyclic) bond motifs is 2. The second-order valence-corrected chi connectivity index (χ2v) is 4.83. The van der Waals surface area contributed by atoms with E-state index in [9.17, 15) is 0 Å². The number of rotatable bonds is 3. The molecule has 0 aromatic heterocycles. The van der Waals surface area contributed by atoms with E-state index >= 15 is 0 Å². The average molecular weight is 242 g/mol. The maximum atomic E-state index is 8.92. The van der Waals surface area contributed by atoms with Gasteiger partial charge in [0.1, 0.15) is 18.3 Å². The lowest BCUT2D eigenvalue weighted by molar-refractivity contribution is 0.0123. The van der Waals surface area contributed by atoms with Crippen molar-refractivity contribution in [2.24, 2.45) is 0 Å². The Morgan fingerprint density at radius 3 is 2.67 bits per heavy atom. The van der Waals surface area contributed by atoms with Gasteiger partial charge in [0.15, 0.2) is 0 Å². The molecule has 3 heteroatoms. The Labute approximate surface area is 105 Å². The Balaban J connectivity index is 1.90. The lowest BCUT2D eigenvalue weighted by Crippen LogP contribution is -2.17. The summed E-state index contributed by atoms with van der Waals surface area (Å²) in [4.78, 5) is 0. The standard InChI is InChI=1S/C15H14O3/c16-7-8-17-13-10-5-1-3-9-4-2-6-11(12(9)10)14-15(13)18-14/h1-6,13-16H,7-8H2. The van der Waals surface area contributed by atoms with Crippen molar-refractivity contribution in [1.82, 2.24) is 0 Å². The molecule has 2 aliphatic rings. The molecule has 0 amide bonds. The summed E-state index contributed by atoms with van der Waals surface area (Å²) in [6, 6.07) is 12.6. The van der Waals surface area contributed by atoms with Gasteiger partial charge in [-0.05, 0) is 21.9 Å². The Bertz CT molecular complexity index is 602. The van der Waals surface area contributed by atoms with E-state index in [-0.39, 0.29) is 24.9 Å². The third-order valence-corrected chi connectivity index (χ3v) is 3.79. The van der Waals surface area contributed by atoms with Crippen LogP contribution in [0.3, 0.4) is 0 Å². The van der Waals surface area contributed by atoms with Crippen LogP contribution in [0.5, 0.6) is 0 Å². The molecule has 1 aliphatic carbocycles. The van der Waals surface area contributed by atoms with E-state index < -0.39 is 0 Å². The summed E-state index contributed by atoms with van der Waals surface area (Å²) in [5, 5.41) is 11.4. The van der Waals surface area contributed by atoms with Crippen LogP contribution in [0.2, 0.25) is 0 Å². The minimum Gasteiger partial charge on any atom is -0.394 e. The zero-order chi connectivity index (χ0) is 12.1. The molecule has 2 aromatic carbocycles. The van der Waals surface area contributed by atoms with Crippen molar-refractivity contribution in [1.29, 1.82) is 0 Å². The van der Waals surface area contributed by atoms with Gasteiger partial charge in [0.25, 0.3) is 0 Å². The molecule has 1 N–H and O–H groups in total. The quantitative estimate of drug-likeness (QED) is 0.840. The largest absolute Gasteiger partial charge is 0.394 e. The number of hydrogen-bond donors (Lipinski definition) is 1. The first-order chi connectivity index (χ1) is 8.90. The molecule has 92 valence electrons. The molecule has 3 atom stereocenters. The molecule has 0 spiro atoms. The molecule has 1 aliphatic heterocycles. The molecule has 4 rings (SSSR count). The number of aliphatic hydroxyl groups is 1. The van der Waals surface area contributed by atoms with E-state index in [0.717, 1.165) is 0 Å². The van der Waals surface area contributed by atoms with Crippen LogP contribution in [0, 0.1) is 0 Å². The van der Waals surface area contributed by atoms with Crippen LogP contribution in [0.4, 0.5) is 0 Å². The van der Waals surface area contributed by atoms with Crippen LogP contribution < -0.4 is 0 Å². The van der Waals surface area contributed by atoms with E-state index in [4.69, 9.17) is 14.6 Å². The fraction of sp³-hybridized carbons (Fsp3) is 0.333. The first kappa shape index (κ1) is 10.5. The summed E-state index contributed by atoms with van der Waals surface area (Å²) in [7, 11) is 0. The summed E-state index contributed by atoms with van der Waals surface area (Å²) >= 11 is 0. The van der Waals surface area contributed by atoms with Gasteiger partial charge < -0.3 is 14.6 Å². The highest BCUT2D eigenvalue weighted by molar-refractivity contribution is 5.91. The van der Waals surface area contributed by atoms with E-state index in [2.05, 4.69) is 36.4 Å². The molecule has 2 aromatic rings. The monoisotopic (exact) mass is 242 g/mol. The maximum Gasteiger partial charge on any atom is 0.119 e. The molecule has 0 bridgehead atoms.